The Morgan fingerprint density at radius 1 is 1.43 bits per heavy atom. The van der Waals surface area contributed by atoms with E-state index in [-0.39, 0.29) is 0 Å². The summed E-state index contributed by atoms with van der Waals surface area (Å²) in [5.74, 6) is 2.54. The second-order valence-electron chi connectivity index (χ2n) is 4.96. The first-order valence-electron chi connectivity index (χ1n) is 7.23. The molecule has 2 aromatic rings. The number of anilines is 2. The molecule has 0 atom stereocenters. The summed E-state index contributed by atoms with van der Waals surface area (Å²) in [6.07, 6.45) is 1.09. The predicted molar refractivity (Wildman–Crippen MR) is 86.0 cm³/mol. The van der Waals surface area contributed by atoms with Crippen molar-refractivity contribution in [3.05, 3.63) is 33.8 Å². The van der Waals surface area contributed by atoms with Gasteiger partial charge in [0.2, 0.25) is 0 Å². The fourth-order valence-corrected chi connectivity index (χ4v) is 3.36. The number of aromatic nitrogens is 2. The molecule has 1 N–H and O–H groups in total. The average Bonchev–Trinajstić information content (AvgIpc) is 3.00. The highest BCUT2D eigenvalue weighted by molar-refractivity contribution is 7.10. The van der Waals surface area contributed by atoms with E-state index < -0.39 is 0 Å². The molecule has 0 bridgehead atoms. The number of fused-ring (bicyclic) bond motifs is 1. The summed E-state index contributed by atoms with van der Waals surface area (Å²) in [4.78, 5) is 12.9. The summed E-state index contributed by atoms with van der Waals surface area (Å²) in [7, 11) is 1.88. The summed E-state index contributed by atoms with van der Waals surface area (Å²) < 4.78 is 5.44. The van der Waals surface area contributed by atoms with Gasteiger partial charge < -0.3 is 15.0 Å². The molecule has 0 aliphatic carbocycles. The van der Waals surface area contributed by atoms with Crippen LogP contribution in [0.15, 0.2) is 17.5 Å². The molecule has 5 nitrogen and oxygen atoms in total. The Morgan fingerprint density at radius 3 is 3.14 bits per heavy atom. The lowest BCUT2D eigenvalue weighted by Crippen LogP contribution is -2.30. The molecule has 0 aromatic carbocycles. The number of hydrogen-bond acceptors (Lipinski definition) is 6. The Balaban J connectivity index is 1.84. The van der Waals surface area contributed by atoms with Gasteiger partial charge in [0.15, 0.2) is 5.82 Å². The normalized spacial score (nSPS) is 14.1. The molecule has 21 heavy (non-hydrogen) atoms. The third-order valence-electron chi connectivity index (χ3n) is 3.58. The van der Waals surface area contributed by atoms with Crippen LogP contribution >= 0.6 is 11.3 Å². The topological polar surface area (TPSA) is 50.3 Å². The third kappa shape index (κ3) is 3.16. The zero-order chi connectivity index (χ0) is 14.7. The highest BCUT2D eigenvalue weighted by atomic mass is 32.1. The van der Waals surface area contributed by atoms with Crippen LogP contribution in [0.4, 0.5) is 11.6 Å². The molecular formula is C15H20N4OS. The van der Waals surface area contributed by atoms with Crippen LogP contribution in [0.25, 0.3) is 0 Å². The van der Waals surface area contributed by atoms with Crippen LogP contribution in [0.2, 0.25) is 0 Å². The Morgan fingerprint density at radius 2 is 2.33 bits per heavy atom. The van der Waals surface area contributed by atoms with Crippen LogP contribution < -0.4 is 10.2 Å². The molecule has 1 aliphatic heterocycles. The van der Waals surface area contributed by atoms with Crippen molar-refractivity contribution in [2.45, 2.75) is 26.5 Å². The van der Waals surface area contributed by atoms with E-state index in [1.165, 1.54) is 10.4 Å². The molecule has 2 aromatic heterocycles. The van der Waals surface area contributed by atoms with Gasteiger partial charge in [-0.15, -0.1) is 11.3 Å². The second-order valence-corrected chi connectivity index (χ2v) is 5.96. The van der Waals surface area contributed by atoms with E-state index >= 15 is 0 Å². The van der Waals surface area contributed by atoms with E-state index in [2.05, 4.69) is 31.6 Å². The molecule has 0 fully saturated rings. The van der Waals surface area contributed by atoms with Gasteiger partial charge in [0, 0.05) is 37.7 Å². The summed E-state index contributed by atoms with van der Waals surface area (Å²) >= 11 is 1.85. The van der Waals surface area contributed by atoms with Gasteiger partial charge in [0.05, 0.1) is 0 Å². The first-order valence-corrected chi connectivity index (χ1v) is 8.11. The summed E-state index contributed by atoms with van der Waals surface area (Å²) in [5, 5.41) is 5.28. The molecule has 3 heterocycles. The van der Waals surface area contributed by atoms with Crippen molar-refractivity contribution >= 4 is 23.0 Å². The Bertz CT molecular complexity index is 613. The van der Waals surface area contributed by atoms with E-state index in [1.54, 1.807) is 0 Å². The first-order chi connectivity index (χ1) is 10.3. The SMILES string of the molecule is CCOCc1nc(NC)cc(N2CCc3sccc3C2)n1. The molecular weight excluding hydrogens is 284 g/mol. The van der Waals surface area contributed by atoms with Gasteiger partial charge in [-0.25, -0.2) is 9.97 Å². The van der Waals surface area contributed by atoms with Crippen molar-refractivity contribution in [2.75, 3.05) is 30.4 Å². The number of ether oxygens (including phenoxy) is 1. The smallest absolute Gasteiger partial charge is 0.158 e. The number of hydrogen-bond donors (Lipinski definition) is 1. The van der Waals surface area contributed by atoms with Gasteiger partial charge in [-0.05, 0) is 30.4 Å². The molecule has 0 saturated carbocycles. The molecule has 0 spiro atoms. The molecule has 1 aliphatic rings. The molecule has 0 amide bonds. The monoisotopic (exact) mass is 304 g/mol. The van der Waals surface area contributed by atoms with Crippen molar-refractivity contribution in [1.82, 2.24) is 9.97 Å². The molecule has 0 radical (unpaired) electrons. The highest BCUT2D eigenvalue weighted by Crippen LogP contribution is 2.27. The lowest BCUT2D eigenvalue weighted by molar-refractivity contribution is 0.128. The van der Waals surface area contributed by atoms with Crippen LogP contribution in [0, 0.1) is 0 Å². The first kappa shape index (κ1) is 14.3. The molecule has 0 unspecified atom stereocenters. The maximum atomic E-state index is 5.44. The van der Waals surface area contributed by atoms with Crippen molar-refractivity contribution < 1.29 is 4.74 Å². The maximum absolute atomic E-state index is 5.44. The van der Waals surface area contributed by atoms with Crippen molar-refractivity contribution in [1.29, 1.82) is 0 Å². The van der Waals surface area contributed by atoms with Crippen molar-refractivity contribution in [2.24, 2.45) is 0 Å². The molecule has 112 valence electrons. The summed E-state index contributed by atoms with van der Waals surface area (Å²) in [6.45, 7) is 5.03. The Kier molecular flexibility index (Phi) is 4.36. The highest BCUT2D eigenvalue weighted by Gasteiger charge is 2.19. The van der Waals surface area contributed by atoms with Gasteiger partial charge in [-0.1, -0.05) is 0 Å². The third-order valence-corrected chi connectivity index (χ3v) is 4.61. The standard InChI is InChI=1S/C15H20N4OS/c1-3-20-10-14-17-13(16-2)8-15(18-14)19-6-4-12-11(9-19)5-7-21-12/h5,7-8H,3-4,6,9-10H2,1-2H3,(H,16,17,18). The minimum Gasteiger partial charge on any atom is -0.374 e. The van der Waals surface area contributed by atoms with E-state index in [9.17, 15) is 0 Å². The fraction of sp³-hybridized carbons (Fsp3) is 0.467. The van der Waals surface area contributed by atoms with Crippen molar-refractivity contribution in [3.63, 3.8) is 0 Å². The van der Waals surface area contributed by atoms with Crippen LogP contribution in [-0.4, -0.2) is 30.2 Å². The minimum atomic E-state index is 0.455. The van der Waals surface area contributed by atoms with Crippen LogP contribution in [0.5, 0.6) is 0 Å². The predicted octanol–water partition coefficient (Wildman–Crippen LogP) is 2.68. The van der Waals surface area contributed by atoms with E-state index in [0.717, 1.165) is 37.0 Å². The van der Waals surface area contributed by atoms with Gasteiger partial charge >= 0.3 is 0 Å². The summed E-state index contributed by atoms with van der Waals surface area (Å²) in [6, 6.07) is 4.22. The molecule has 6 heteroatoms. The molecule has 0 saturated heterocycles. The lowest BCUT2D eigenvalue weighted by atomic mass is 10.1. The van der Waals surface area contributed by atoms with E-state index in [0.29, 0.717) is 13.2 Å². The minimum absolute atomic E-state index is 0.455. The Hall–Kier alpha value is -1.66. The van der Waals surface area contributed by atoms with Gasteiger partial charge in [0.25, 0.3) is 0 Å². The van der Waals surface area contributed by atoms with E-state index in [4.69, 9.17) is 4.74 Å². The zero-order valence-corrected chi connectivity index (χ0v) is 13.2. The number of thiophene rings is 1. The zero-order valence-electron chi connectivity index (χ0n) is 12.4. The van der Waals surface area contributed by atoms with Crippen LogP contribution in [0.1, 0.15) is 23.2 Å². The maximum Gasteiger partial charge on any atom is 0.158 e. The van der Waals surface area contributed by atoms with Gasteiger partial charge in [-0.2, -0.15) is 0 Å². The average molecular weight is 304 g/mol. The van der Waals surface area contributed by atoms with Crippen molar-refractivity contribution in [3.8, 4) is 0 Å². The van der Waals surface area contributed by atoms with Gasteiger partial charge in [0.1, 0.15) is 18.2 Å². The summed E-state index contributed by atoms with van der Waals surface area (Å²) in [5.41, 5.74) is 1.42. The number of nitrogens with one attached hydrogen (secondary N) is 1. The second kappa shape index (κ2) is 6.41. The molecule has 3 rings (SSSR count). The lowest BCUT2D eigenvalue weighted by Gasteiger charge is -2.28. The van der Waals surface area contributed by atoms with E-state index in [1.807, 2.05) is 31.4 Å². The van der Waals surface area contributed by atoms with Gasteiger partial charge in [-0.3, -0.25) is 0 Å². The number of nitrogens with zero attached hydrogens (tertiary/aromatic N) is 3. The quantitative estimate of drug-likeness (QED) is 0.920. The van der Waals surface area contributed by atoms with Crippen LogP contribution in [-0.2, 0) is 24.3 Å². The van der Waals surface area contributed by atoms with Crippen LogP contribution in [0.3, 0.4) is 0 Å². The Labute approximate surface area is 129 Å². The fourth-order valence-electron chi connectivity index (χ4n) is 2.48. The largest absolute Gasteiger partial charge is 0.374 e. The number of rotatable bonds is 5.